The lowest BCUT2D eigenvalue weighted by atomic mass is 10.3. The molecule has 1 aliphatic rings. The van der Waals surface area contributed by atoms with E-state index in [0.717, 1.165) is 6.42 Å². The molecule has 34 valence electrons. The minimum Gasteiger partial charge on any atom is -0.392 e. The molecule has 1 fully saturated rings. The molecule has 6 heavy (non-hydrogen) atoms. The second-order valence-electron chi connectivity index (χ2n) is 1.44. The number of rotatable bonds is 0. The third-order valence-electron chi connectivity index (χ3n) is 0.823. The minimum atomic E-state index is -0.176. The van der Waals surface area contributed by atoms with Gasteiger partial charge in [-0.3, -0.25) is 0 Å². The third kappa shape index (κ3) is 0.698. The van der Waals surface area contributed by atoms with Crippen molar-refractivity contribution >= 4 is 0 Å². The van der Waals surface area contributed by atoms with Gasteiger partial charge in [-0.05, 0) is 6.42 Å². The Kier molecular flexibility index (Phi) is 1.08. The third-order valence-corrected chi connectivity index (χ3v) is 0.823. The van der Waals surface area contributed by atoms with Crippen LogP contribution in [0.1, 0.15) is 6.42 Å². The van der Waals surface area contributed by atoms with E-state index in [0.29, 0.717) is 6.54 Å². The fraction of sp³-hybridized carbons (Fsp3) is 0.750. The molecule has 0 aromatic carbocycles. The molecule has 2 radical (unpaired) electrons. The monoisotopic (exact) mass is 85.1 g/mol. The van der Waals surface area contributed by atoms with Crippen molar-refractivity contribution in [1.29, 1.82) is 0 Å². The van der Waals surface area contributed by atoms with E-state index in [9.17, 15) is 0 Å². The van der Waals surface area contributed by atoms with Gasteiger partial charge in [0.25, 0.3) is 0 Å². The molecule has 0 bridgehead atoms. The highest BCUT2D eigenvalue weighted by Gasteiger charge is 2.10. The van der Waals surface area contributed by atoms with E-state index in [4.69, 9.17) is 5.11 Å². The van der Waals surface area contributed by atoms with Gasteiger partial charge in [0, 0.05) is 13.1 Å². The highest BCUT2D eigenvalue weighted by Crippen LogP contribution is 2.00. The summed E-state index contributed by atoms with van der Waals surface area (Å²) in [6.07, 6.45) is 0.574. The normalized spacial score (nSPS) is 34.5. The zero-order chi connectivity index (χ0) is 4.41. The zero-order valence-corrected chi connectivity index (χ0v) is 3.46. The van der Waals surface area contributed by atoms with Crippen molar-refractivity contribution in [1.82, 2.24) is 5.32 Å². The lowest BCUT2D eigenvalue weighted by Crippen LogP contribution is -2.05. The lowest BCUT2D eigenvalue weighted by molar-refractivity contribution is 0.197. The van der Waals surface area contributed by atoms with Crippen LogP contribution in [-0.2, 0) is 0 Å². The Bertz CT molecular complexity index is 40.8. The first kappa shape index (κ1) is 4.09. The van der Waals surface area contributed by atoms with Gasteiger partial charge in [0.2, 0.25) is 0 Å². The Balaban J connectivity index is 2.18. The lowest BCUT2D eigenvalue weighted by Gasteiger charge is -1.89. The predicted molar refractivity (Wildman–Crippen MR) is 21.9 cm³/mol. The van der Waals surface area contributed by atoms with Crippen molar-refractivity contribution in [3.05, 3.63) is 6.54 Å². The van der Waals surface area contributed by atoms with Crippen molar-refractivity contribution in [2.24, 2.45) is 0 Å². The maximum absolute atomic E-state index is 8.60. The van der Waals surface area contributed by atoms with Gasteiger partial charge in [0.05, 0.1) is 6.10 Å². The van der Waals surface area contributed by atoms with Crippen LogP contribution in [-0.4, -0.2) is 17.8 Å². The van der Waals surface area contributed by atoms with Gasteiger partial charge in [-0.25, -0.2) is 5.32 Å². The van der Waals surface area contributed by atoms with Crippen molar-refractivity contribution in [2.45, 2.75) is 12.5 Å². The summed E-state index contributed by atoms with van der Waals surface area (Å²) in [7, 11) is 0. The van der Waals surface area contributed by atoms with Gasteiger partial charge < -0.3 is 5.11 Å². The fourth-order valence-corrected chi connectivity index (χ4v) is 0.467. The van der Waals surface area contributed by atoms with Crippen LogP contribution in [0.5, 0.6) is 0 Å². The SMILES string of the molecule is OC1C[CH][N]C1. The molecule has 1 aliphatic heterocycles. The van der Waals surface area contributed by atoms with E-state index in [2.05, 4.69) is 5.32 Å². The Labute approximate surface area is 37.2 Å². The summed E-state index contributed by atoms with van der Waals surface area (Å²) in [5, 5.41) is 12.4. The van der Waals surface area contributed by atoms with Crippen LogP contribution < -0.4 is 5.32 Å². The highest BCUT2D eigenvalue weighted by atomic mass is 16.3. The molecule has 0 aliphatic carbocycles. The first-order chi connectivity index (χ1) is 2.89. The quantitative estimate of drug-likeness (QED) is 0.423. The molecule has 1 unspecified atom stereocenters. The van der Waals surface area contributed by atoms with Crippen LogP contribution >= 0.6 is 0 Å². The summed E-state index contributed by atoms with van der Waals surface area (Å²) in [6.45, 7) is 2.37. The average Bonchev–Trinajstić information content (AvgIpc) is 1.86. The van der Waals surface area contributed by atoms with E-state index in [1.54, 1.807) is 6.54 Å². The number of hydrogen-bond acceptors (Lipinski definition) is 1. The summed E-state index contributed by atoms with van der Waals surface area (Å²) in [4.78, 5) is 0. The van der Waals surface area contributed by atoms with Gasteiger partial charge in [-0.15, -0.1) is 0 Å². The Morgan fingerprint density at radius 2 is 2.67 bits per heavy atom. The van der Waals surface area contributed by atoms with E-state index >= 15 is 0 Å². The molecule has 1 N–H and O–H groups in total. The molecular weight excluding hydrogens is 78.0 g/mol. The summed E-state index contributed by atoms with van der Waals surface area (Å²) in [6, 6.07) is 0. The minimum absolute atomic E-state index is 0.176. The molecule has 0 aromatic rings. The molecule has 1 rings (SSSR count). The predicted octanol–water partition coefficient (Wildman–Crippen LogP) is -0.483. The maximum Gasteiger partial charge on any atom is 0.0697 e. The van der Waals surface area contributed by atoms with Crippen molar-refractivity contribution < 1.29 is 5.11 Å². The second-order valence-corrected chi connectivity index (χ2v) is 1.44. The van der Waals surface area contributed by atoms with E-state index in [1.165, 1.54) is 0 Å². The summed E-state index contributed by atoms with van der Waals surface area (Å²) in [5.74, 6) is 0. The molecule has 1 atom stereocenters. The Morgan fingerprint density at radius 1 is 1.83 bits per heavy atom. The molecule has 2 nitrogen and oxygen atoms in total. The van der Waals surface area contributed by atoms with Crippen LogP contribution in [0.25, 0.3) is 0 Å². The first-order valence-corrected chi connectivity index (χ1v) is 2.06. The van der Waals surface area contributed by atoms with Crippen LogP contribution in [0, 0.1) is 6.54 Å². The fourth-order valence-electron chi connectivity index (χ4n) is 0.467. The Hall–Kier alpha value is -0.0800. The number of aliphatic hydroxyl groups is 1. The van der Waals surface area contributed by atoms with Gasteiger partial charge >= 0.3 is 0 Å². The molecule has 1 saturated heterocycles. The average molecular weight is 85.1 g/mol. The number of aliphatic hydroxyl groups excluding tert-OH is 1. The van der Waals surface area contributed by atoms with Gasteiger partial charge in [-0.2, -0.15) is 0 Å². The number of hydrogen-bond donors (Lipinski definition) is 1. The van der Waals surface area contributed by atoms with Crippen molar-refractivity contribution in [2.75, 3.05) is 6.54 Å². The Morgan fingerprint density at radius 3 is 2.83 bits per heavy atom. The molecule has 0 spiro atoms. The van der Waals surface area contributed by atoms with Gasteiger partial charge in [-0.1, -0.05) is 0 Å². The summed E-state index contributed by atoms with van der Waals surface area (Å²) in [5.41, 5.74) is 0. The van der Waals surface area contributed by atoms with Crippen LogP contribution in [0.2, 0.25) is 0 Å². The molecule has 0 aromatic heterocycles. The van der Waals surface area contributed by atoms with Gasteiger partial charge in [0.1, 0.15) is 0 Å². The smallest absolute Gasteiger partial charge is 0.0697 e. The zero-order valence-electron chi connectivity index (χ0n) is 3.46. The van der Waals surface area contributed by atoms with E-state index in [1.807, 2.05) is 0 Å². The van der Waals surface area contributed by atoms with E-state index in [-0.39, 0.29) is 6.10 Å². The van der Waals surface area contributed by atoms with Crippen LogP contribution in [0.3, 0.4) is 0 Å². The van der Waals surface area contributed by atoms with E-state index < -0.39 is 0 Å². The summed E-state index contributed by atoms with van der Waals surface area (Å²) >= 11 is 0. The number of nitrogens with zero attached hydrogens (tertiary/aromatic N) is 1. The molecule has 2 heteroatoms. The summed E-state index contributed by atoms with van der Waals surface area (Å²) < 4.78 is 0. The molecular formula is C4H7NO. The first-order valence-electron chi connectivity index (χ1n) is 2.06. The molecule has 0 amide bonds. The highest BCUT2D eigenvalue weighted by molar-refractivity contribution is 4.77. The van der Waals surface area contributed by atoms with Crippen molar-refractivity contribution in [3.63, 3.8) is 0 Å². The van der Waals surface area contributed by atoms with Gasteiger partial charge in [0.15, 0.2) is 0 Å². The molecule has 0 saturated carbocycles. The van der Waals surface area contributed by atoms with Crippen molar-refractivity contribution in [3.8, 4) is 0 Å². The molecule has 1 heterocycles. The van der Waals surface area contributed by atoms with Crippen LogP contribution in [0.4, 0.5) is 0 Å². The standard InChI is InChI=1S/C4H7NO/c6-4-1-2-5-3-4/h2,4,6H,1,3H2. The van der Waals surface area contributed by atoms with Crippen LogP contribution in [0.15, 0.2) is 0 Å². The topological polar surface area (TPSA) is 34.3 Å². The largest absolute Gasteiger partial charge is 0.392 e. The second kappa shape index (κ2) is 1.58. The maximum atomic E-state index is 8.60.